The van der Waals surface area contributed by atoms with E-state index in [1.165, 1.54) is 6.07 Å². The van der Waals surface area contributed by atoms with E-state index in [1.807, 2.05) is 0 Å². The number of aliphatic hydroxyl groups is 1. The predicted molar refractivity (Wildman–Crippen MR) is 76.5 cm³/mol. The summed E-state index contributed by atoms with van der Waals surface area (Å²) in [7, 11) is -3.59. The van der Waals surface area contributed by atoms with Gasteiger partial charge < -0.3 is 5.11 Å². The van der Waals surface area contributed by atoms with Crippen LogP contribution in [0.2, 0.25) is 0 Å². The summed E-state index contributed by atoms with van der Waals surface area (Å²) in [5, 5.41) is 9.47. The number of hydrogen-bond acceptors (Lipinski definition) is 5. The maximum atomic E-state index is 12.3. The van der Waals surface area contributed by atoms with Crippen LogP contribution in [0.3, 0.4) is 0 Å². The summed E-state index contributed by atoms with van der Waals surface area (Å²) in [5.41, 5.74) is 1.01. The highest BCUT2D eigenvalue weighted by Crippen LogP contribution is 2.37. The summed E-state index contributed by atoms with van der Waals surface area (Å²) in [6.45, 7) is 0.355. The lowest BCUT2D eigenvalue weighted by Crippen LogP contribution is -2.28. The number of hydrogen-bond donors (Lipinski definition) is 2. The maximum absolute atomic E-state index is 12.3. The highest BCUT2D eigenvalue weighted by Gasteiger charge is 2.26. The quantitative estimate of drug-likeness (QED) is 0.902. The van der Waals surface area contributed by atoms with Crippen LogP contribution in [0.25, 0.3) is 0 Å². The smallest absolute Gasteiger partial charge is 0.242 e. The second-order valence-electron chi connectivity index (χ2n) is 5.07. The van der Waals surface area contributed by atoms with E-state index in [4.69, 9.17) is 0 Å². The monoisotopic (exact) mass is 313 g/mol. The van der Waals surface area contributed by atoms with Crippen LogP contribution in [0.15, 0.2) is 31.8 Å². The SMILES string of the molecule is O=S(=O)(NCC1CCC(O)C1)c1cccc2c1N=S=N2. The zero-order valence-electron chi connectivity index (χ0n) is 10.7. The van der Waals surface area contributed by atoms with Crippen LogP contribution < -0.4 is 4.72 Å². The second-order valence-corrected chi connectivity index (χ2v) is 7.34. The Kier molecular flexibility index (Phi) is 3.72. The number of rotatable bonds is 4. The first-order valence-electron chi connectivity index (χ1n) is 6.45. The van der Waals surface area contributed by atoms with Crippen molar-refractivity contribution in [3.63, 3.8) is 0 Å². The topological polar surface area (TPSA) is 91.1 Å². The fraction of sp³-hybridized carbons (Fsp3) is 0.500. The number of aliphatic hydroxyl groups excluding tert-OH is 1. The van der Waals surface area contributed by atoms with Gasteiger partial charge in [0.15, 0.2) is 0 Å². The van der Waals surface area contributed by atoms with Crippen molar-refractivity contribution < 1.29 is 13.5 Å². The molecule has 1 aliphatic carbocycles. The van der Waals surface area contributed by atoms with Crippen LogP contribution in [-0.2, 0) is 21.4 Å². The fourth-order valence-electron chi connectivity index (χ4n) is 2.54. The number of fused-ring (bicyclic) bond motifs is 1. The molecule has 0 amide bonds. The minimum absolute atomic E-state index is 0.169. The van der Waals surface area contributed by atoms with Crippen LogP contribution in [0.4, 0.5) is 11.4 Å². The van der Waals surface area contributed by atoms with Crippen molar-refractivity contribution in [3.05, 3.63) is 18.2 Å². The Morgan fingerprint density at radius 3 is 2.95 bits per heavy atom. The lowest BCUT2D eigenvalue weighted by atomic mass is 10.1. The molecule has 2 N–H and O–H groups in total. The molecule has 0 aromatic heterocycles. The molecule has 1 aromatic carbocycles. The van der Waals surface area contributed by atoms with E-state index in [-0.39, 0.29) is 16.9 Å². The van der Waals surface area contributed by atoms with Gasteiger partial charge >= 0.3 is 0 Å². The van der Waals surface area contributed by atoms with Crippen molar-refractivity contribution >= 4 is 32.8 Å². The lowest BCUT2D eigenvalue weighted by Gasteiger charge is -2.12. The molecule has 0 saturated heterocycles. The molecule has 0 spiro atoms. The van der Waals surface area contributed by atoms with Gasteiger partial charge in [-0.3, -0.25) is 0 Å². The first kappa shape index (κ1) is 13.9. The number of sulfonamides is 1. The van der Waals surface area contributed by atoms with Crippen molar-refractivity contribution in [2.75, 3.05) is 6.54 Å². The average molecular weight is 313 g/mol. The average Bonchev–Trinajstić information content (AvgIpc) is 3.04. The van der Waals surface area contributed by atoms with Gasteiger partial charge in [0.1, 0.15) is 16.3 Å². The summed E-state index contributed by atoms with van der Waals surface area (Å²) < 4.78 is 35.4. The van der Waals surface area contributed by atoms with E-state index in [2.05, 4.69) is 13.4 Å². The van der Waals surface area contributed by atoms with E-state index in [0.29, 0.717) is 24.3 Å². The Morgan fingerprint density at radius 1 is 1.35 bits per heavy atom. The van der Waals surface area contributed by atoms with Gasteiger partial charge in [0.05, 0.1) is 17.5 Å². The minimum Gasteiger partial charge on any atom is -0.393 e. The Labute approximate surface area is 121 Å². The summed E-state index contributed by atoms with van der Waals surface area (Å²) in [6.07, 6.45) is 1.96. The largest absolute Gasteiger partial charge is 0.393 e. The van der Waals surface area contributed by atoms with Gasteiger partial charge in [-0.05, 0) is 37.3 Å². The van der Waals surface area contributed by atoms with E-state index >= 15 is 0 Å². The zero-order valence-corrected chi connectivity index (χ0v) is 12.3. The molecule has 2 unspecified atom stereocenters. The molecule has 1 saturated carbocycles. The van der Waals surface area contributed by atoms with E-state index in [0.717, 1.165) is 24.2 Å². The van der Waals surface area contributed by atoms with Gasteiger partial charge in [0, 0.05) is 6.54 Å². The van der Waals surface area contributed by atoms with Crippen molar-refractivity contribution in [2.45, 2.75) is 30.3 Å². The van der Waals surface area contributed by atoms with Gasteiger partial charge in [0.25, 0.3) is 0 Å². The van der Waals surface area contributed by atoms with Crippen LogP contribution in [0.1, 0.15) is 19.3 Å². The summed E-state index contributed by atoms with van der Waals surface area (Å²) >= 11 is 1.00. The molecule has 8 heteroatoms. The molecule has 6 nitrogen and oxygen atoms in total. The standard InChI is InChI=1S/C12H15N3O3S2/c16-9-5-4-8(6-9)7-13-20(17,18)11-3-1-2-10-12(11)15-19-14-10/h1-3,8-9,13,16H,4-7H2. The Bertz CT molecular complexity index is 696. The van der Waals surface area contributed by atoms with E-state index in [9.17, 15) is 13.5 Å². The molecule has 1 fully saturated rings. The van der Waals surface area contributed by atoms with Gasteiger partial charge in [-0.15, -0.1) is 0 Å². The molecule has 1 aromatic rings. The Balaban J connectivity index is 1.76. The number of nitrogens with one attached hydrogen (secondary N) is 1. The summed E-state index contributed by atoms with van der Waals surface area (Å²) in [6, 6.07) is 4.94. The normalized spacial score (nSPS) is 24.6. The summed E-state index contributed by atoms with van der Waals surface area (Å²) in [5.74, 6) is 0.201. The van der Waals surface area contributed by atoms with E-state index < -0.39 is 10.0 Å². The minimum atomic E-state index is -3.59. The first-order valence-corrected chi connectivity index (χ1v) is 8.66. The molecule has 2 aliphatic rings. The number of nitrogens with zero attached hydrogens (tertiary/aromatic N) is 2. The molecule has 1 aliphatic heterocycles. The predicted octanol–water partition coefficient (Wildman–Crippen LogP) is 1.85. The van der Waals surface area contributed by atoms with Gasteiger partial charge in [0.2, 0.25) is 10.0 Å². The van der Waals surface area contributed by atoms with Gasteiger partial charge in [-0.2, -0.15) is 8.73 Å². The maximum Gasteiger partial charge on any atom is 0.242 e. The van der Waals surface area contributed by atoms with Crippen molar-refractivity contribution in [1.82, 2.24) is 4.72 Å². The zero-order chi connectivity index (χ0) is 14.2. The Morgan fingerprint density at radius 2 is 2.20 bits per heavy atom. The van der Waals surface area contributed by atoms with Gasteiger partial charge in [-0.25, -0.2) is 13.1 Å². The van der Waals surface area contributed by atoms with Crippen LogP contribution >= 0.6 is 0 Å². The lowest BCUT2D eigenvalue weighted by molar-refractivity contribution is 0.178. The molecule has 3 rings (SSSR count). The van der Waals surface area contributed by atoms with Crippen molar-refractivity contribution in [1.29, 1.82) is 0 Å². The fourth-order valence-corrected chi connectivity index (χ4v) is 4.42. The molecule has 20 heavy (non-hydrogen) atoms. The van der Waals surface area contributed by atoms with Crippen LogP contribution in [0, 0.1) is 5.92 Å². The number of benzene rings is 1. The third kappa shape index (κ3) is 2.69. The molecular formula is C12H15N3O3S2. The highest BCUT2D eigenvalue weighted by molar-refractivity contribution is 7.89. The Hall–Kier alpha value is -1.09. The van der Waals surface area contributed by atoms with Crippen molar-refractivity contribution in [2.24, 2.45) is 14.6 Å². The molecular weight excluding hydrogens is 298 g/mol. The van der Waals surface area contributed by atoms with Gasteiger partial charge in [-0.1, -0.05) is 6.07 Å². The highest BCUT2D eigenvalue weighted by atomic mass is 32.2. The molecule has 2 atom stereocenters. The van der Waals surface area contributed by atoms with E-state index in [1.54, 1.807) is 12.1 Å². The summed E-state index contributed by atoms with van der Waals surface area (Å²) in [4.78, 5) is 0.169. The molecule has 0 radical (unpaired) electrons. The van der Waals surface area contributed by atoms with Crippen LogP contribution in [0.5, 0.6) is 0 Å². The molecule has 0 bridgehead atoms. The third-order valence-corrected chi connectivity index (χ3v) is 5.61. The second kappa shape index (κ2) is 5.36. The van der Waals surface area contributed by atoms with Crippen molar-refractivity contribution in [3.8, 4) is 0 Å². The molecule has 108 valence electrons. The third-order valence-electron chi connectivity index (χ3n) is 3.61. The first-order chi connectivity index (χ1) is 9.56. The molecule has 1 heterocycles. The van der Waals surface area contributed by atoms with Crippen LogP contribution in [-0.4, -0.2) is 26.2 Å².